The van der Waals surface area contributed by atoms with Crippen LogP contribution in [0.2, 0.25) is 0 Å². The first kappa shape index (κ1) is 12.8. The van der Waals surface area contributed by atoms with Crippen molar-refractivity contribution in [2.45, 2.75) is 34.6 Å². The van der Waals surface area contributed by atoms with E-state index >= 15 is 0 Å². The summed E-state index contributed by atoms with van der Waals surface area (Å²) in [5.74, 6) is 2.63. The summed E-state index contributed by atoms with van der Waals surface area (Å²) in [6, 6.07) is 0. The van der Waals surface area contributed by atoms with E-state index in [9.17, 15) is 0 Å². The molecule has 85 valence electrons. The Morgan fingerprint density at radius 3 is 2.38 bits per heavy atom. The highest BCUT2D eigenvalue weighted by Gasteiger charge is 2.40. The predicted octanol–water partition coefficient (Wildman–Crippen LogP) is 4.32. The Labute approximate surface area is 100 Å². The molecule has 0 aromatic carbocycles. The van der Waals surface area contributed by atoms with Crippen molar-refractivity contribution in [1.29, 1.82) is 0 Å². The molecular formula is C16H21. The Morgan fingerprint density at radius 1 is 1.31 bits per heavy atom. The summed E-state index contributed by atoms with van der Waals surface area (Å²) in [5, 5.41) is 0. The van der Waals surface area contributed by atoms with Crippen molar-refractivity contribution in [3.63, 3.8) is 0 Å². The van der Waals surface area contributed by atoms with E-state index in [0.29, 0.717) is 0 Å². The van der Waals surface area contributed by atoms with Crippen LogP contribution < -0.4 is 0 Å². The standard InChI is InChI=1S/C16H21/c1-8-12(2)13(3)14-10-9-11-15(4,5)16(14,6)7/h1,9-11H,2H2,3-7H3. The lowest BCUT2D eigenvalue weighted by atomic mass is 9.60. The van der Waals surface area contributed by atoms with E-state index in [1.54, 1.807) is 0 Å². The van der Waals surface area contributed by atoms with Gasteiger partial charge in [0, 0.05) is 5.57 Å². The Morgan fingerprint density at radius 2 is 1.88 bits per heavy atom. The Bertz CT molecular complexity index is 417. The second kappa shape index (κ2) is 3.98. The number of terminal acetylenes is 1. The third-order valence-corrected chi connectivity index (χ3v) is 4.09. The van der Waals surface area contributed by atoms with Crippen molar-refractivity contribution in [3.05, 3.63) is 41.9 Å². The largest absolute Gasteiger partial charge is 0.115 e. The molecule has 0 saturated heterocycles. The Kier molecular flexibility index (Phi) is 3.20. The van der Waals surface area contributed by atoms with Crippen molar-refractivity contribution in [3.8, 4) is 12.3 Å². The van der Waals surface area contributed by atoms with E-state index in [-0.39, 0.29) is 10.8 Å². The molecule has 0 heterocycles. The summed E-state index contributed by atoms with van der Waals surface area (Å²) in [6.45, 7) is 15.0. The van der Waals surface area contributed by atoms with Crippen LogP contribution in [-0.2, 0) is 0 Å². The van der Waals surface area contributed by atoms with E-state index in [4.69, 9.17) is 6.42 Å². The van der Waals surface area contributed by atoms with Gasteiger partial charge in [-0.3, -0.25) is 0 Å². The molecule has 0 spiro atoms. The molecule has 0 heteroatoms. The fourth-order valence-corrected chi connectivity index (χ4v) is 2.01. The maximum atomic E-state index is 5.42. The highest BCUT2D eigenvalue weighted by Crippen LogP contribution is 2.50. The first-order valence-corrected chi connectivity index (χ1v) is 5.64. The molecule has 1 radical (unpaired) electrons. The summed E-state index contributed by atoms with van der Waals surface area (Å²) in [6.07, 6.45) is 11.9. The maximum absolute atomic E-state index is 5.42. The zero-order valence-corrected chi connectivity index (χ0v) is 11.0. The van der Waals surface area contributed by atoms with Crippen LogP contribution >= 0.6 is 0 Å². The van der Waals surface area contributed by atoms with Crippen molar-refractivity contribution >= 4 is 0 Å². The molecule has 1 aliphatic carbocycles. The molecule has 0 aromatic heterocycles. The van der Waals surface area contributed by atoms with Crippen LogP contribution in [0.25, 0.3) is 0 Å². The van der Waals surface area contributed by atoms with Crippen LogP contribution in [0, 0.1) is 30.1 Å². The monoisotopic (exact) mass is 213 g/mol. The third-order valence-electron chi connectivity index (χ3n) is 4.09. The fourth-order valence-electron chi connectivity index (χ4n) is 2.01. The van der Waals surface area contributed by atoms with Crippen LogP contribution in [0.15, 0.2) is 34.9 Å². The van der Waals surface area contributed by atoms with Gasteiger partial charge in [0.05, 0.1) is 0 Å². The second-order valence-electron chi connectivity index (χ2n) is 5.53. The SMILES string of the molecule is C#CC([CH2])=C(C)C1=CC=CC(C)(C)C1(C)C. The van der Waals surface area contributed by atoms with Gasteiger partial charge in [-0.25, -0.2) is 0 Å². The molecule has 0 N–H and O–H groups in total. The summed E-state index contributed by atoms with van der Waals surface area (Å²) in [4.78, 5) is 0. The van der Waals surface area contributed by atoms with Crippen LogP contribution in [0.3, 0.4) is 0 Å². The molecule has 1 aliphatic rings. The zero-order valence-electron chi connectivity index (χ0n) is 11.0. The lowest BCUT2D eigenvalue weighted by Gasteiger charge is -2.44. The summed E-state index contributed by atoms with van der Waals surface area (Å²) >= 11 is 0. The molecule has 0 nitrogen and oxygen atoms in total. The summed E-state index contributed by atoms with van der Waals surface area (Å²) in [5.41, 5.74) is 3.41. The molecule has 0 bridgehead atoms. The van der Waals surface area contributed by atoms with Gasteiger partial charge in [0.15, 0.2) is 0 Å². The van der Waals surface area contributed by atoms with Crippen molar-refractivity contribution in [2.75, 3.05) is 0 Å². The van der Waals surface area contributed by atoms with Gasteiger partial charge in [-0.2, -0.15) is 0 Å². The third kappa shape index (κ3) is 1.87. The molecular weight excluding hydrogens is 192 g/mol. The average Bonchev–Trinajstić information content (AvgIpc) is 2.20. The lowest BCUT2D eigenvalue weighted by Crippen LogP contribution is -2.34. The molecule has 0 atom stereocenters. The second-order valence-corrected chi connectivity index (χ2v) is 5.53. The maximum Gasteiger partial charge on any atom is 0.00532 e. The van der Waals surface area contributed by atoms with Gasteiger partial charge >= 0.3 is 0 Å². The van der Waals surface area contributed by atoms with Crippen LogP contribution in [0.4, 0.5) is 0 Å². The smallest absolute Gasteiger partial charge is 0.00532 e. The highest BCUT2D eigenvalue weighted by molar-refractivity contribution is 5.49. The van der Waals surface area contributed by atoms with Gasteiger partial charge in [-0.1, -0.05) is 51.8 Å². The quantitative estimate of drug-likeness (QED) is 0.569. The van der Waals surface area contributed by atoms with Gasteiger partial charge < -0.3 is 0 Å². The molecule has 0 aromatic rings. The van der Waals surface area contributed by atoms with Crippen LogP contribution in [0.5, 0.6) is 0 Å². The van der Waals surface area contributed by atoms with Gasteiger partial charge in [-0.05, 0) is 35.8 Å². The molecule has 0 saturated carbocycles. The molecule has 0 fully saturated rings. The number of allylic oxidation sites excluding steroid dienone is 6. The minimum atomic E-state index is 0.0750. The lowest BCUT2D eigenvalue weighted by molar-refractivity contribution is 0.214. The van der Waals surface area contributed by atoms with E-state index < -0.39 is 0 Å². The van der Waals surface area contributed by atoms with E-state index in [1.807, 2.05) is 0 Å². The van der Waals surface area contributed by atoms with E-state index in [1.165, 1.54) is 5.57 Å². The molecule has 0 amide bonds. The van der Waals surface area contributed by atoms with Crippen molar-refractivity contribution < 1.29 is 0 Å². The number of hydrogen-bond acceptors (Lipinski definition) is 0. The van der Waals surface area contributed by atoms with E-state index in [0.717, 1.165) is 11.1 Å². The van der Waals surface area contributed by atoms with Crippen molar-refractivity contribution in [1.82, 2.24) is 0 Å². The first-order valence-electron chi connectivity index (χ1n) is 5.64. The van der Waals surface area contributed by atoms with Crippen molar-refractivity contribution in [2.24, 2.45) is 10.8 Å². The Balaban J connectivity index is 3.33. The number of hydrogen-bond donors (Lipinski definition) is 0. The molecule has 16 heavy (non-hydrogen) atoms. The normalized spacial score (nSPS) is 23.2. The van der Waals surface area contributed by atoms with Gasteiger partial charge in [0.1, 0.15) is 0 Å². The minimum Gasteiger partial charge on any atom is -0.115 e. The van der Waals surface area contributed by atoms with Gasteiger partial charge in [-0.15, -0.1) is 6.42 Å². The molecule has 1 rings (SSSR count). The topological polar surface area (TPSA) is 0 Å². The molecule has 0 aliphatic heterocycles. The molecule has 0 unspecified atom stereocenters. The number of rotatable bonds is 1. The summed E-state index contributed by atoms with van der Waals surface area (Å²) in [7, 11) is 0. The van der Waals surface area contributed by atoms with Gasteiger partial charge in [0.2, 0.25) is 0 Å². The average molecular weight is 213 g/mol. The first-order chi connectivity index (χ1) is 7.24. The van der Waals surface area contributed by atoms with Gasteiger partial charge in [0.25, 0.3) is 0 Å². The Hall–Kier alpha value is -1.22. The highest BCUT2D eigenvalue weighted by atomic mass is 14.4. The predicted molar refractivity (Wildman–Crippen MR) is 71.7 cm³/mol. The summed E-state index contributed by atoms with van der Waals surface area (Å²) < 4.78 is 0. The zero-order chi connectivity index (χ0) is 12.6. The minimum absolute atomic E-state index is 0.0750. The van der Waals surface area contributed by atoms with E-state index in [2.05, 4.69) is 65.7 Å². The van der Waals surface area contributed by atoms with Crippen LogP contribution in [-0.4, -0.2) is 0 Å². The van der Waals surface area contributed by atoms with Crippen LogP contribution in [0.1, 0.15) is 34.6 Å². The fraction of sp³-hybridized carbons (Fsp3) is 0.438.